The van der Waals surface area contributed by atoms with Crippen LogP contribution in [0, 0.1) is 5.82 Å². The van der Waals surface area contributed by atoms with Gasteiger partial charge in [-0.25, -0.2) is 17.1 Å². The number of fused-ring (bicyclic) bond motifs is 1. The second-order valence-corrected chi connectivity index (χ2v) is 11.9. The van der Waals surface area contributed by atoms with Crippen LogP contribution in [-0.4, -0.2) is 58.7 Å². The summed E-state index contributed by atoms with van der Waals surface area (Å²) in [5.41, 5.74) is 2.84. The van der Waals surface area contributed by atoms with E-state index in [2.05, 4.69) is 5.32 Å². The highest BCUT2D eigenvalue weighted by Gasteiger charge is 2.34. The average molecular weight is 596 g/mol. The van der Waals surface area contributed by atoms with Crippen molar-refractivity contribution in [1.29, 1.82) is 0 Å². The molecule has 3 aromatic carbocycles. The lowest BCUT2D eigenvalue weighted by Crippen LogP contribution is -2.34. The highest BCUT2D eigenvalue weighted by atomic mass is 32.2. The zero-order valence-electron chi connectivity index (χ0n) is 23.3. The minimum absolute atomic E-state index is 0.0496. The van der Waals surface area contributed by atoms with Crippen molar-refractivity contribution in [2.75, 3.05) is 31.5 Å². The first-order chi connectivity index (χ1) is 20.0. The molecule has 1 fully saturated rings. The van der Waals surface area contributed by atoms with Crippen molar-refractivity contribution in [3.8, 4) is 11.3 Å². The quantitative estimate of drug-likeness (QED) is 0.136. The predicted octanol–water partition coefficient (Wildman–Crippen LogP) is 3.37. The van der Waals surface area contributed by atoms with Gasteiger partial charge in [-0.05, 0) is 77.8 Å². The van der Waals surface area contributed by atoms with Crippen LogP contribution in [0.5, 0.6) is 0 Å². The van der Waals surface area contributed by atoms with Gasteiger partial charge in [0.1, 0.15) is 24.0 Å². The number of anilines is 2. The normalized spacial score (nSPS) is 13.4. The molecule has 5 rings (SSSR count). The van der Waals surface area contributed by atoms with E-state index in [4.69, 9.17) is 13.9 Å². The van der Waals surface area contributed by atoms with Crippen LogP contribution in [0.25, 0.3) is 22.3 Å². The summed E-state index contributed by atoms with van der Waals surface area (Å²) in [6.45, 7) is -0.110. The van der Waals surface area contributed by atoms with Gasteiger partial charge in [-0.1, -0.05) is 6.07 Å². The lowest BCUT2D eigenvalue weighted by atomic mass is 9.77. The highest BCUT2D eigenvalue weighted by molar-refractivity contribution is 7.92. The molecule has 0 aliphatic heterocycles. The van der Waals surface area contributed by atoms with Crippen LogP contribution in [0.1, 0.15) is 40.2 Å². The molecule has 0 bridgehead atoms. The Morgan fingerprint density at radius 3 is 2.45 bits per heavy atom. The second-order valence-electron chi connectivity index (χ2n) is 10.1. The van der Waals surface area contributed by atoms with Gasteiger partial charge in [0.15, 0.2) is 0 Å². The number of sulfonamides is 1. The largest absolute Gasteiger partial charge is 0.488 e. The molecule has 0 spiro atoms. The first-order valence-corrected chi connectivity index (χ1v) is 15.0. The van der Waals surface area contributed by atoms with Crippen LogP contribution < -0.4 is 15.1 Å². The van der Waals surface area contributed by atoms with Crippen LogP contribution in [0.4, 0.5) is 15.8 Å². The first-order valence-electron chi connectivity index (χ1n) is 13.2. The molecule has 42 heavy (non-hydrogen) atoms. The van der Waals surface area contributed by atoms with E-state index in [-0.39, 0.29) is 47.4 Å². The van der Waals surface area contributed by atoms with Crippen LogP contribution in [0.3, 0.4) is 0 Å². The van der Waals surface area contributed by atoms with Gasteiger partial charge in [0.2, 0.25) is 10.0 Å². The summed E-state index contributed by atoms with van der Waals surface area (Å²) in [5.74, 6) is -0.557. The third kappa shape index (κ3) is 5.92. The van der Waals surface area contributed by atoms with Gasteiger partial charge in [0.25, 0.3) is 5.91 Å². The van der Waals surface area contributed by atoms with E-state index >= 15 is 0 Å². The van der Waals surface area contributed by atoms with Crippen LogP contribution in [-0.2, 0) is 26.1 Å². The number of nitrogens with one attached hydrogen (secondary N) is 1. The molecule has 0 radical (unpaired) electrons. The molecule has 1 saturated carbocycles. The fourth-order valence-electron chi connectivity index (χ4n) is 5.04. The molecule has 10 nitrogen and oxygen atoms in total. The second kappa shape index (κ2) is 11.9. The summed E-state index contributed by atoms with van der Waals surface area (Å²) < 4.78 is 58.1. The number of hydrogen-bond donors (Lipinski definition) is 3. The number of carbonyl (C=O) groups is 1. The molecule has 1 aliphatic rings. The Labute approximate surface area is 242 Å². The lowest BCUT2D eigenvalue weighted by molar-refractivity contribution is -0.0388. The molecule has 1 heterocycles. The number of hydrogen-bond acceptors (Lipinski definition) is 8. The molecule has 4 aromatic rings. The summed E-state index contributed by atoms with van der Waals surface area (Å²) >= 11 is 0. The zero-order valence-corrected chi connectivity index (χ0v) is 24.1. The van der Waals surface area contributed by atoms with Crippen molar-refractivity contribution < 1.29 is 41.5 Å². The highest BCUT2D eigenvalue weighted by Crippen LogP contribution is 2.49. The minimum Gasteiger partial charge on any atom is -0.455 e. The van der Waals surface area contributed by atoms with Crippen molar-refractivity contribution in [1.82, 2.24) is 5.32 Å². The summed E-state index contributed by atoms with van der Waals surface area (Å²) in [5, 5.41) is 22.9. The number of halogens is 1. The maximum absolute atomic E-state index is 13.7. The van der Waals surface area contributed by atoms with Crippen LogP contribution >= 0.6 is 0 Å². The number of rotatable bonds is 11. The Balaban J connectivity index is 1.73. The standard InChI is InChI=1S/C29H30BFN2O8S/c1-32-29(34)27-23-13-22(17-4-5-17)25(14-26(23)41-28(27)18-6-8-20(31)9-7-18)33(42(3,37)38)21-10-11-24(30(35)36)19(12-21)15-40-16-39-2/h6-14,17,35-36H,4-5,15-16H2,1-3H3,(H,32,34). The number of amides is 1. The van der Waals surface area contributed by atoms with Crippen molar-refractivity contribution >= 4 is 50.9 Å². The third-order valence-electron chi connectivity index (χ3n) is 7.06. The lowest BCUT2D eigenvalue weighted by Gasteiger charge is -2.26. The topological polar surface area (TPSA) is 139 Å². The van der Waals surface area contributed by atoms with Crippen molar-refractivity contribution in [3.63, 3.8) is 0 Å². The van der Waals surface area contributed by atoms with Crippen LogP contribution in [0.2, 0.25) is 0 Å². The van der Waals surface area contributed by atoms with E-state index in [0.29, 0.717) is 27.8 Å². The molecular formula is C29H30BFN2O8S. The molecule has 220 valence electrons. The Kier molecular flexibility index (Phi) is 8.40. The summed E-state index contributed by atoms with van der Waals surface area (Å²) in [4.78, 5) is 13.1. The monoisotopic (exact) mass is 596 g/mol. The van der Waals surface area contributed by atoms with Gasteiger partial charge in [0.05, 0.1) is 29.8 Å². The fraction of sp³-hybridized carbons (Fsp3) is 0.276. The first kappa shape index (κ1) is 29.7. The Hall–Kier alpha value is -3.75. The number of ether oxygens (including phenoxy) is 2. The fourth-order valence-corrected chi connectivity index (χ4v) is 6.05. The van der Waals surface area contributed by atoms with E-state index < -0.39 is 28.9 Å². The van der Waals surface area contributed by atoms with E-state index in [9.17, 15) is 27.7 Å². The molecule has 13 heteroatoms. The molecule has 1 aromatic heterocycles. The van der Waals surface area contributed by atoms with Gasteiger partial charge in [0, 0.05) is 31.2 Å². The molecule has 0 unspecified atom stereocenters. The SMILES string of the molecule is CNC(=O)c1c(-c2ccc(F)cc2)oc2cc(N(c3ccc(B(O)O)c(COCOC)c3)S(C)(=O)=O)c(C3CC3)cc12. The van der Waals surface area contributed by atoms with E-state index in [0.717, 1.165) is 19.1 Å². The molecule has 0 atom stereocenters. The molecule has 0 saturated heterocycles. The van der Waals surface area contributed by atoms with Gasteiger partial charge in [-0.15, -0.1) is 0 Å². The van der Waals surface area contributed by atoms with E-state index in [1.165, 1.54) is 60.9 Å². The number of methoxy groups -OCH3 is 1. The number of benzene rings is 3. The minimum atomic E-state index is -3.94. The Morgan fingerprint density at radius 2 is 1.86 bits per heavy atom. The zero-order chi connectivity index (χ0) is 30.2. The van der Waals surface area contributed by atoms with Crippen molar-refractivity contribution in [3.05, 3.63) is 77.1 Å². The van der Waals surface area contributed by atoms with Gasteiger partial charge in [-0.2, -0.15) is 0 Å². The summed E-state index contributed by atoms with van der Waals surface area (Å²) in [6.07, 6.45) is 2.74. The number of nitrogens with zero attached hydrogens (tertiary/aromatic N) is 1. The van der Waals surface area contributed by atoms with Crippen molar-refractivity contribution in [2.24, 2.45) is 0 Å². The smallest absolute Gasteiger partial charge is 0.455 e. The molecular weight excluding hydrogens is 566 g/mol. The van der Waals surface area contributed by atoms with Gasteiger partial charge in [-0.3, -0.25) is 4.79 Å². The van der Waals surface area contributed by atoms with E-state index in [1.807, 2.05) is 0 Å². The number of furan rings is 1. The maximum atomic E-state index is 13.7. The molecule has 1 amide bonds. The Bertz CT molecular complexity index is 1740. The van der Waals surface area contributed by atoms with Crippen LogP contribution in [0.15, 0.2) is 59.0 Å². The number of carbonyl (C=O) groups excluding carboxylic acids is 1. The molecule has 1 aliphatic carbocycles. The third-order valence-corrected chi connectivity index (χ3v) is 8.13. The predicted molar refractivity (Wildman–Crippen MR) is 157 cm³/mol. The van der Waals surface area contributed by atoms with Crippen molar-refractivity contribution in [2.45, 2.75) is 25.4 Å². The Morgan fingerprint density at radius 1 is 1.14 bits per heavy atom. The maximum Gasteiger partial charge on any atom is 0.488 e. The van der Waals surface area contributed by atoms with Gasteiger partial charge < -0.3 is 29.3 Å². The van der Waals surface area contributed by atoms with E-state index in [1.54, 1.807) is 12.1 Å². The summed E-state index contributed by atoms with van der Waals surface area (Å²) in [6, 6.07) is 13.4. The average Bonchev–Trinajstić information content (AvgIpc) is 3.72. The van der Waals surface area contributed by atoms with Gasteiger partial charge >= 0.3 is 7.12 Å². The summed E-state index contributed by atoms with van der Waals surface area (Å²) in [7, 11) is -2.80. The molecule has 3 N–H and O–H groups in total.